The van der Waals surface area contributed by atoms with E-state index >= 15 is 0 Å². The molecular weight excluding hydrogens is 264 g/mol. The molecule has 0 unspecified atom stereocenters. The van der Waals surface area contributed by atoms with Gasteiger partial charge >= 0.3 is 0 Å². The molecule has 114 valence electrons. The number of hydrogen-bond acceptors (Lipinski definition) is 2. The number of nitrogens with one attached hydrogen (secondary N) is 2. The van der Waals surface area contributed by atoms with E-state index in [1.165, 1.54) is 6.42 Å². The van der Waals surface area contributed by atoms with Crippen molar-refractivity contribution in [3.05, 3.63) is 29.8 Å². The van der Waals surface area contributed by atoms with Gasteiger partial charge in [0.1, 0.15) is 0 Å². The lowest BCUT2D eigenvalue weighted by atomic mass is 9.88. The van der Waals surface area contributed by atoms with Gasteiger partial charge in [-0.05, 0) is 37.0 Å². The van der Waals surface area contributed by atoms with Crippen molar-refractivity contribution in [2.75, 3.05) is 12.4 Å². The summed E-state index contributed by atoms with van der Waals surface area (Å²) < 4.78 is 0. The molecule has 1 aliphatic rings. The summed E-state index contributed by atoms with van der Waals surface area (Å²) in [4.78, 5) is 23.3. The minimum absolute atomic E-state index is 0.0460. The van der Waals surface area contributed by atoms with Crippen LogP contribution >= 0.6 is 0 Å². The Morgan fingerprint density at radius 2 is 1.76 bits per heavy atom. The zero-order valence-electron chi connectivity index (χ0n) is 12.7. The van der Waals surface area contributed by atoms with Crippen LogP contribution in [0.1, 0.15) is 44.1 Å². The number of aryl methyl sites for hydroxylation is 1. The van der Waals surface area contributed by atoms with Crippen molar-refractivity contribution >= 4 is 17.5 Å². The number of rotatable bonds is 5. The average Bonchev–Trinajstić information content (AvgIpc) is 2.54. The molecule has 0 atom stereocenters. The minimum atomic E-state index is 0.0460. The van der Waals surface area contributed by atoms with Crippen LogP contribution in [-0.4, -0.2) is 18.9 Å². The van der Waals surface area contributed by atoms with Crippen LogP contribution in [0.25, 0.3) is 0 Å². The first kappa shape index (κ1) is 15.5. The molecule has 2 amide bonds. The quantitative estimate of drug-likeness (QED) is 0.875. The standard InChI is InChI=1S/C17H24N2O2/c1-18-16(20)12-9-13-7-10-15(11-8-13)19-17(21)14-5-3-2-4-6-14/h7-8,10-11,14H,2-6,9,12H2,1H3,(H,18,20)(H,19,21). The fraction of sp³-hybridized carbons (Fsp3) is 0.529. The maximum Gasteiger partial charge on any atom is 0.227 e. The van der Waals surface area contributed by atoms with Crippen molar-refractivity contribution in [2.45, 2.75) is 44.9 Å². The Balaban J connectivity index is 1.84. The molecule has 1 saturated carbocycles. The third kappa shape index (κ3) is 4.88. The van der Waals surface area contributed by atoms with E-state index < -0.39 is 0 Å². The molecule has 4 nitrogen and oxygen atoms in total. The van der Waals surface area contributed by atoms with E-state index in [-0.39, 0.29) is 17.7 Å². The van der Waals surface area contributed by atoms with Crippen LogP contribution in [0.3, 0.4) is 0 Å². The average molecular weight is 288 g/mol. The summed E-state index contributed by atoms with van der Waals surface area (Å²) in [6.45, 7) is 0. The summed E-state index contributed by atoms with van der Waals surface area (Å²) in [5, 5.41) is 5.61. The Labute approximate surface area is 126 Å². The minimum Gasteiger partial charge on any atom is -0.359 e. The second-order valence-electron chi connectivity index (χ2n) is 5.69. The molecule has 1 aromatic rings. The molecule has 2 N–H and O–H groups in total. The van der Waals surface area contributed by atoms with Gasteiger partial charge in [-0.3, -0.25) is 9.59 Å². The summed E-state index contributed by atoms with van der Waals surface area (Å²) in [5.41, 5.74) is 1.95. The first-order chi connectivity index (χ1) is 10.2. The highest BCUT2D eigenvalue weighted by atomic mass is 16.2. The Hall–Kier alpha value is -1.84. The van der Waals surface area contributed by atoms with Crippen molar-refractivity contribution in [1.29, 1.82) is 0 Å². The Kier molecular flexibility index (Phi) is 5.78. The highest BCUT2D eigenvalue weighted by Gasteiger charge is 2.20. The summed E-state index contributed by atoms with van der Waals surface area (Å²) in [6.07, 6.45) is 6.81. The van der Waals surface area contributed by atoms with Gasteiger partial charge in [0.05, 0.1) is 0 Å². The van der Waals surface area contributed by atoms with E-state index in [1.54, 1.807) is 7.05 Å². The van der Waals surface area contributed by atoms with E-state index in [1.807, 2.05) is 24.3 Å². The third-order valence-corrected chi connectivity index (χ3v) is 4.12. The zero-order chi connectivity index (χ0) is 15.1. The highest BCUT2D eigenvalue weighted by molar-refractivity contribution is 5.92. The van der Waals surface area contributed by atoms with Crippen LogP contribution in [-0.2, 0) is 16.0 Å². The van der Waals surface area contributed by atoms with Gasteiger partial charge in [-0.15, -0.1) is 0 Å². The lowest BCUT2D eigenvalue weighted by Gasteiger charge is -2.20. The first-order valence-electron chi connectivity index (χ1n) is 7.79. The molecule has 0 heterocycles. The van der Waals surface area contributed by atoms with Crippen molar-refractivity contribution in [3.8, 4) is 0 Å². The summed E-state index contributed by atoms with van der Waals surface area (Å²) in [6, 6.07) is 7.78. The number of carbonyl (C=O) groups excluding carboxylic acids is 2. The Morgan fingerprint density at radius 3 is 2.38 bits per heavy atom. The molecule has 0 radical (unpaired) electrons. The predicted octanol–water partition coefficient (Wildman–Crippen LogP) is 2.88. The molecule has 0 saturated heterocycles. The number of amides is 2. The summed E-state index contributed by atoms with van der Waals surface area (Å²) in [5.74, 6) is 0.365. The Bertz CT molecular complexity index is 476. The molecule has 0 aliphatic heterocycles. The lowest BCUT2D eigenvalue weighted by molar-refractivity contribution is -0.121. The van der Waals surface area contributed by atoms with Gasteiger partial charge in [-0.1, -0.05) is 31.4 Å². The Morgan fingerprint density at radius 1 is 1.10 bits per heavy atom. The molecule has 1 aliphatic carbocycles. The van der Waals surface area contributed by atoms with Crippen molar-refractivity contribution in [1.82, 2.24) is 5.32 Å². The summed E-state index contributed by atoms with van der Waals surface area (Å²) in [7, 11) is 1.65. The van der Waals surface area contributed by atoms with E-state index in [9.17, 15) is 9.59 Å². The second kappa shape index (κ2) is 7.81. The molecule has 0 spiro atoms. The van der Waals surface area contributed by atoms with Crippen LogP contribution in [0.15, 0.2) is 24.3 Å². The maximum atomic E-state index is 12.1. The normalized spacial score (nSPS) is 15.5. The maximum absolute atomic E-state index is 12.1. The van der Waals surface area contributed by atoms with Crippen LogP contribution < -0.4 is 10.6 Å². The van der Waals surface area contributed by atoms with Crippen molar-refractivity contribution in [2.24, 2.45) is 5.92 Å². The fourth-order valence-corrected chi connectivity index (χ4v) is 2.75. The number of carbonyl (C=O) groups is 2. The monoisotopic (exact) mass is 288 g/mol. The molecule has 4 heteroatoms. The molecule has 21 heavy (non-hydrogen) atoms. The van der Waals surface area contributed by atoms with E-state index in [4.69, 9.17) is 0 Å². The number of benzene rings is 1. The van der Waals surface area contributed by atoms with Gasteiger partial charge < -0.3 is 10.6 Å². The summed E-state index contributed by atoms with van der Waals surface area (Å²) >= 11 is 0. The highest BCUT2D eigenvalue weighted by Crippen LogP contribution is 2.25. The fourth-order valence-electron chi connectivity index (χ4n) is 2.75. The van der Waals surface area contributed by atoms with Crippen molar-refractivity contribution < 1.29 is 9.59 Å². The largest absolute Gasteiger partial charge is 0.359 e. The molecule has 0 aromatic heterocycles. The second-order valence-corrected chi connectivity index (χ2v) is 5.69. The van der Waals surface area contributed by atoms with Crippen LogP contribution in [0, 0.1) is 5.92 Å². The molecule has 1 aromatic carbocycles. The zero-order valence-corrected chi connectivity index (χ0v) is 12.7. The predicted molar refractivity (Wildman–Crippen MR) is 84.0 cm³/mol. The van der Waals surface area contributed by atoms with Crippen LogP contribution in [0.5, 0.6) is 0 Å². The topological polar surface area (TPSA) is 58.2 Å². The number of hydrogen-bond donors (Lipinski definition) is 2. The van der Waals surface area contributed by atoms with Gasteiger partial charge in [0.15, 0.2) is 0 Å². The third-order valence-electron chi connectivity index (χ3n) is 4.12. The van der Waals surface area contributed by atoms with Gasteiger partial charge in [-0.2, -0.15) is 0 Å². The van der Waals surface area contributed by atoms with E-state index in [0.717, 1.165) is 43.4 Å². The van der Waals surface area contributed by atoms with E-state index in [2.05, 4.69) is 10.6 Å². The molecule has 0 bridgehead atoms. The van der Waals surface area contributed by atoms with Crippen LogP contribution in [0.4, 0.5) is 5.69 Å². The first-order valence-corrected chi connectivity index (χ1v) is 7.79. The molecule has 2 rings (SSSR count). The number of anilines is 1. The van der Waals surface area contributed by atoms with Crippen molar-refractivity contribution in [3.63, 3.8) is 0 Å². The molecule has 1 fully saturated rings. The van der Waals surface area contributed by atoms with Gasteiger partial charge in [-0.25, -0.2) is 0 Å². The van der Waals surface area contributed by atoms with Gasteiger partial charge in [0.2, 0.25) is 11.8 Å². The SMILES string of the molecule is CNC(=O)CCc1ccc(NC(=O)C2CCCCC2)cc1. The van der Waals surface area contributed by atoms with Gasteiger partial charge in [0.25, 0.3) is 0 Å². The lowest BCUT2D eigenvalue weighted by Crippen LogP contribution is -2.24. The van der Waals surface area contributed by atoms with Gasteiger partial charge in [0, 0.05) is 25.1 Å². The smallest absolute Gasteiger partial charge is 0.227 e. The van der Waals surface area contributed by atoms with E-state index in [0.29, 0.717) is 6.42 Å². The molecular formula is C17H24N2O2. The van der Waals surface area contributed by atoms with Crippen LogP contribution in [0.2, 0.25) is 0 Å².